The van der Waals surface area contributed by atoms with E-state index in [9.17, 15) is 9.59 Å². The first-order chi connectivity index (χ1) is 8.90. The van der Waals surface area contributed by atoms with Crippen LogP contribution in [0.25, 0.3) is 0 Å². The van der Waals surface area contributed by atoms with Crippen LogP contribution < -0.4 is 11.1 Å². The van der Waals surface area contributed by atoms with Crippen LogP contribution in [0.4, 0.5) is 0 Å². The molecule has 108 valence electrons. The van der Waals surface area contributed by atoms with Crippen molar-refractivity contribution in [3.8, 4) is 0 Å². The first-order valence-corrected chi connectivity index (χ1v) is 6.87. The molecule has 1 amide bonds. The van der Waals surface area contributed by atoms with E-state index in [2.05, 4.69) is 5.32 Å². The molecule has 4 N–H and O–H groups in total. The standard InChI is InChI=1S/C14H24N2O3/c1-9(14(18)19)4-3-5-10(2)16-13(17)11-6-7-12(15)8-11/h6-7,9-12H,3-5,8,15H2,1-2H3,(H,16,17)(H,18,19). The van der Waals surface area contributed by atoms with E-state index in [0.717, 1.165) is 12.8 Å². The fraction of sp³-hybridized carbons (Fsp3) is 0.714. The predicted octanol–water partition coefficient (Wildman–Crippen LogP) is 1.29. The van der Waals surface area contributed by atoms with Gasteiger partial charge in [0, 0.05) is 12.1 Å². The topological polar surface area (TPSA) is 92.4 Å². The summed E-state index contributed by atoms with van der Waals surface area (Å²) < 4.78 is 0. The van der Waals surface area contributed by atoms with Crippen molar-refractivity contribution in [3.63, 3.8) is 0 Å². The molecule has 1 aliphatic carbocycles. The minimum Gasteiger partial charge on any atom is -0.481 e. The van der Waals surface area contributed by atoms with Crippen LogP contribution in [0.15, 0.2) is 12.2 Å². The second-order valence-electron chi connectivity index (χ2n) is 5.47. The summed E-state index contributed by atoms with van der Waals surface area (Å²) in [5.41, 5.74) is 5.71. The molecule has 0 aromatic heterocycles. The Morgan fingerprint density at radius 1 is 1.37 bits per heavy atom. The van der Waals surface area contributed by atoms with Crippen LogP contribution >= 0.6 is 0 Å². The molecule has 4 atom stereocenters. The predicted molar refractivity (Wildman–Crippen MR) is 73.5 cm³/mol. The van der Waals surface area contributed by atoms with E-state index < -0.39 is 5.97 Å². The molecule has 1 aliphatic rings. The molecule has 0 saturated heterocycles. The maximum atomic E-state index is 11.9. The summed E-state index contributed by atoms with van der Waals surface area (Å²) >= 11 is 0. The molecule has 1 rings (SSSR count). The summed E-state index contributed by atoms with van der Waals surface area (Å²) in [6.07, 6.45) is 6.64. The van der Waals surface area contributed by atoms with Gasteiger partial charge in [0.05, 0.1) is 11.8 Å². The highest BCUT2D eigenvalue weighted by Gasteiger charge is 2.23. The van der Waals surface area contributed by atoms with E-state index in [0.29, 0.717) is 12.8 Å². The van der Waals surface area contributed by atoms with Gasteiger partial charge in [0.15, 0.2) is 0 Å². The highest BCUT2D eigenvalue weighted by atomic mass is 16.4. The van der Waals surface area contributed by atoms with E-state index in [-0.39, 0.29) is 29.8 Å². The number of carboxylic acid groups (broad SMARTS) is 1. The molecule has 0 aromatic carbocycles. The Balaban J connectivity index is 2.20. The number of carbonyl (C=O) groups is 2. The highest BCUT2D eigenvalue weighted by Crippen LogP contribution is 2.17. The van der Waals surface area contributed by atoms with Gasteiger partial charge >= 0.3 is 5.97 Å². The van der Waals surface area contributed by atoms with Crippen LogP contribution in [0.2, 0.25) is 0 Å². The van der Waals surface area contributed by atoms with Crippen molar-refractivity contribution < 1.29 is 14.7 Å². The molecule has 19 heavy (non-hydrogen) atoms. The lowest BCUT2D eigenvalue weighted by Crippen LogP contribution is -2.37. The average molecular weight is 268 g/mol. The molecule has 0 bridgehead atoms. The zero-order valence-corrected chi connectivity index (χ0v) is 11.6. The van der Waals surface area contributed by atoms with Crippen molar-refractivity contribution in [2.24, 2.45) is 17.6 Å². The number of nitrogens with two attached hydrogens (primary N) is 1. The van der Waals surface area contributed by atoms with Gasteiger partial charge in [-0.2, -0.15) is 0 Å². The minimum atomic E-state index is -0.762. The number of aliphatic carboxylic acids is 1. The number of nitrogens with one attached hydrogen (secondary N) is 1. The van der Waals surface area contributed by atoms with Crippen molar-refractivity contribution >= 4 is 11.9 Å². The van der Waals surface area contributed by atoms with E-state index >= 15 is 0 Å². The smallest absolute Gasteiger partial charge is 0.306 e. The normalized spacial score (nSPS) is 25.0. The third kappa shape index (κ3) is 5.42. The zero-order chi connectivity index (χ0) is 14.4. The second kappa shape index (κ2) is 7.28. The number of hydrogen-bond donors (Lipinski definition) is 3. The lowest BCUT2D eigenvalue weighted by molar-refractivity contribution is -0.141. The van der Waals surface area contributed by atoms with E-state index in [4.69, 9.17) is 10.8 Å². The van der Waals surface area contributed by atoms with Crippen molar-refractivity contribution in [1.82, 2.24) is 5.32 Å². The Kier molecular flexibility index (Phi) is 6.02. The Morgan fingerprint density at radius 2 is 2.05 bits per heavy atom. The molecule has 5 nitrogen and oxygen atoms in total. The Hall–Kier alpha value is -1.36. The molecule has 0 saturated carbocycles. The molecule has 0 fully saturated rings. The Labute approximate surface area is 114 Å². The molecular formula is C14H24N2O3. The Morgan fingerprint density at radius 3 is 2.58 bits per heavy atom. The zero-order valence-electron chi connectivity index (χ0n) is 11.6. The van der Waals surface area contributed by atoms with E-state index in [1.54, 1.807) is 6.92 Å². The SMILES string of the molecule is CC(CCCC(C)C(=O)O)NC(=O)C1C=CC(N)C1. The second-order valence-corrected chi connectivity index (χ2v) is 5.47. The van der Waals surface area contributed by atoms with Crippen LogP contribution in [-0.2, 0) is 9.59 Å². The molecule has 0 aromatic rings. The van der Waals surface area contributed by atoms with Gasteiger partial charge in [-0.05, 0) is 26.2 Å². The van der Waals surface area contributed by atoms with Gasteiger partial charge in [-0.3, -0.25) is 9.59 Å². The lowest BCUT2D eigenvalue weighted by Gasteiger charge is -2.17. The van der Waals surface area contributed by atoms with Crippen molar-refractivity contribution in [2.45, 2.75) is 51.6 Å². The minimum absolute atomic E-state index is 0.0116. The number of amides is 1. The molecule has 4 unspecified atom stereocenters. The van der Waals surface area contributed by atoms with Gasteiger partial charge in [-0.25, -0.2) is 0 Å². The first-order valence-electron chi connectivity index (χ1n) is 6.87. The van der Waals surface area contributed by atoms with Gasteiger partial charge in [0.25, 0.3) is 0 Å². The largest absolute Gasteiger partial charge is 0.481 e. The Bertz CT molecular complexity index is 355. The monoisotopic (exact) mass is 268 g/mol. The molecule has 0 radical (unpaired) electrons. The van der Waals surface area contributed by atoms with E-state index in [1.165, 1.54) is 0 Å². The van der Waals surface area contributed by atoms with Crippen molar-refractivity contribution in [3.05, 3.63) is 12.2 Å². The van der Waals surface area contributed by atoms with Gasteiger partial charge < -0.3 is 16.2 Å². The quantitative estimate of drug-likeness (QED) is 0.606. The van der Waals surface area contributed by atoms with E-state index in [1.807, 2.05) is 19.1 Å². The summed E-state index contributed by atoms with van der Waals surface area (Å²) in [7, 11) is 0. The van der Waals surface area contributed by atoms with Crippen LogP contribution in [0.3, 0.4) is 0 Å². The van der Waals surface area contributed by atoms with Gasteiger partial charge in [0.2, 0.25) is 5.91 Å². The van der Waals surface area contributed by atoms with Gasteiger partial charge in [0.1, 0.15) is 0 Å². The number of hydrogen-bond acceptors (Lipinski definition) is 3. The van der Waals surface area contributed by atoms with Crippen LogP contribution in [0, 0.1) is 11.8 Å². The maximum Gasteiger partial charge on any atom is 0.306 e. The van der Waals surface area contributed by atoms with Crippen LogP contribution in [0.1, 0.15) is 39.5 Å². The van der Waals surface area contributed by atoms with Crippen molar-refractivity contribution in [2.75, 3.05) is 0 Å². The highest BCUT2D eigenvalue weighted by molar-refractivity contribution is 5.81. The third-order valence-corrected chi connectivity index (χ3v) is 3.54. The number of carboxylic acids is 1. The molecule has 5 heteroatoms. The fourth-order valence-corrected chi connectivity index (χ4v) is 2.20. The maximum absolute atomic E-state index is 11.9. The number of rotatable bonds is 7. The summed E-state index contributed by atoms with van der Waals surface area (Å²) in [6, 6.07) is 0.0567. The summed E-state index contributed by atoms with van der Waals surface area (Å²) in [4.78, 5) is 22.6. The third-order valence-electron chi connectivity index (χ3n) is 3.54. The summed E-state index contributed by atoms with van der Waals surface area (Å²) in [5, 5.41) is 11.7. The summed E-state index contributed by atoms with van der Waals surface area (Å²) in [6.45, 7) is 3.65. The molecular weight excluding hydrogens is 244 g/mol. The van der Waals surface area contributed by atoms with Gasteiger partial charge in [-0.15, -0.1) is 0 Å². The fourth-order valence-electron chi connectivity index (χ4n) is 2.20. The number of carbonyl (C=O) groups excluding carboxylic acids is 1. The van der Waals surface area contributed by atoms with Crippen LogP contribution in [-0.4, -0.2) is 29.1 Å². The van der Waals surface area contributed by atoms with Crippen molar-refractivity contribution in [1.29, 1.82) is 0 Å². The lowest BCUT2D eigenvalue weighted by atomic mass is 10.0. The molecule has 0 aliphatic heterocycles. The van der Waals surface area contributed by atoms with Crippen LogP contribution in [0.5, 0.6) is 0 Å². The summed E-state index contributed by atoms with van der Waals surface area (Å²) in [5.74, 6) is -1.18. The molecule has 0 spiro atoms. The first kappa shape index (κ1) is 15.7. The molecule has 0 heterocycles. The average Bonchev–Trinajstić information content (AvgIpc) is 2.75. The van der Waals surface area contributed by atoms with Gasteiger partial charge in [-0.1, -0.05) is 25.5 Å².